The molecule has 0 aliphatic heterocycles. The minimum atomic E-state index is 0.610. The second-order valence-electron chi connectivity index (χ2n) is 13.5. The number of benzene rings is 8. The van der Waals surface area contributed by atoms with E-state index in [9.17, 15) is 0 Å². The topological polar surface area (TPSA) is 56.5 Å². The van der Waals surface area contributed by atoms with Gasteiger partial charge in [-0.15, -0.1) is 0 Å². The van der Waals surface area contributed by atoms with Crippen LogP contribution < -0.4 is 0 Å². The Balaban J connectivity index is 1.22. The van der Waals surface area contributed by atoms with Crippen LogP contribution in [-0.4, -0.2) is 24.7 Å². The quantitative estimate of drug-likeness (QED) is 0.166. The maximum atomic E-state index is 5.35. The molecule has 0 fully saturated rings. The molecule has 2 aromatic heterocycles. The molecular formula is C50H33N5. The lowest BCUT2D eigenvalue weighted by atomic mass is 9.93. The van der Waals surface area contributed by atoms with Gasteiger partial charge in [-0.3, -0.25) is 0 Å². The first-order valence-electron chi connectivity index (χ1n) is 18.4. The van der Waals surface area contributed by atoms with Crippen molar-refractivity contribution in [1.29, 1.82) is 0 Å². The molecule has 5 heteroatoms. The standard InChI is InChI=1S/C50H33N5/c1-6-17-34(18-7-1)38-25-16-26-39(31-38)49-51-48(37-23-12-4-13-24-37)52-50(53-49)40-29-30-43-41(32-40)33-44(35-19-8-2-9-20-35)45-46(36-21-10-3-11-22-36)54-55(47(43)45)42-27-14-5-15-28-42/h1-33H. The summed E-state index contributed by atoms with van der Waals surface area (Å²) in [5.74, 6) is 1.86. The fourth-order valence-electron chi connectivity index (χ4n) is 7.40. The number of aromatic nitrogens is 5. The lowest BCUT2D eigenvalue weighted by molar-refractivity contribution is 0.918. The van der Waals surface area contributed by atoms with Crippen molar-refractivity contribution in [3.8, 4) is 73.4 Å². The summed E-state index contributed by atoms with van der Waals surface area (Å²) in [6, 6.07) is 69.2. The molecule has 0 atom stereocenters. The summed E-state index contributed by atoms with van der Waals surface area (Å²) in [5.41, 5.74) is 11.3. The molecule has 2 heterocycles. The third-order valence-electron chi connectivity index (χ3n) is 10.0. The molecule has 55 heavy (non-hydrogen) atoms. The average Bonchev–Trinajstić information content (AvgIpc) is 3.68. The fraction of sp³-hybridized carbons (Fsp3) is 0. The van der Waals surface area contributed by atoms with Gasteiger partial charge < -0.3 is 0 Å². The molecule has 10 rings (SSSR count). The van der Waals surface area contributed by atoms with E-state index in [1.165, 1.54) is 0 Å². The number of rotatable bonds is 7. The Bertz CT molecular complexity index is 2940. The molecule has 0 aliphatic carbocycles. The molecule has 0 saturated carbocycles. The van der Waals surface area contributed by atoms with Crippen LogP contribution in [0, 0.1) is 0 Å². The van der Waals surface area contributed by atoms with Crippen LogP contribution in [0.25, 0.3) is 95.0 Å². The Hall–Kier alpha value is -7.50. The molecule has 0 amide bonds. The van der Waals surface area contributed by atoms with Crippen LogP contribution in [0.15, 0.2) is 200 Å². The van der Waals surface area contributed by atoms with Gasteiger partial charge in [0.15, 0.2) is 17.5 Å². The Kier molecular flexibility index (Phi) is 8.08. The molecule has 258 valence electrons. The van der Waals surface area contributed by atoms with Gasteiger partial charge in [-0.25, -0.2) is 19.6 Å². The second kappa shape index (κ2) is 13.8. The van der Waals surface area contributed by atoms with Gasteiger partial charge in [-0.05, 0) is 58.0 Å². The molecule has 0 N–H and O–H groups in total. The first-order chi connectivity index (χ1) is 27.3. The van der Waals surface area contributed by atoms with Gasteiger partial charge in [0.05, 0.1) is 11.2 Å². The first kappa shape index (κ1) is 32.2. The highest BCUT2D eigenvalue weighted by molar-refractivity contribution is 6.17. The molecule has 0 bridgehead atoms. The molecule has 0 radical (unpaired) electrons. The normalized spacial score (nSPS) is 11.3. The van der Waals surface area contributed by atoms with Crippen LogP contribution in [0.5, 0.6) is 0 Å². The summed E-state index contributed by atoms with van der Waals surface area (Å²) in [6.45, 7) is 0. The smallest absolute Gasteiger partial charge is 0.164 e. The minimum absolute atomic E-state index is 0.610. The van der Waals surface area contributed by atoms with Crippen molar-refractivity contribution in [1.82, 2.24) is 24.7 Å². The summed E-state index contributed by atoms with van der Waals surface area (Å²) in [6.07, 6.45) is 0. The molecule has 5 nitrogen and oxygen atoms in total. The predicted molar refractivity (Wildman–Crippen MR) is 225 cm³/mol. The maximum Gasteiger partial charge on any atom is 0.164 e. The van der Waals surface area contributed by atoms with E-state index in [-0.39, 0.29) is 0 Å². The lowest BCUT2D eigenvalue weighted by Crippen LogP contribution is -2.00. The van der Waals surface area contributed by atoms with Crippen LogP contribution in [0.1, 0.15) is 0 Å². The van der Waals surface area contributed by atoms with Gasteiger partial charge >= 0.3 is 0 Å². The van der Waals surface area contributed by atoms with E-state index < -0.39 is 0 Å². The van der Waals surface area contributed by atoms with E-state index in [0.717, 1.165) is 77.6 Å². The SMILES string of the molecule is c1ccc(-c2cccc(-c3nc(-c4ccccc4)nc(-c4ccc5c(c4)cc(-c4ccccc4)c4c(-c6ccccc6)nn(-c6ccccc6)c45)n3)c2)cc1. The van der Waals surface area contributed by atoms with E-state index in [0.29, 0.717) is 17.5 Å². The lowest BCUT2D eigenvalue weighted by Gasteiger charge is -2.13. The molecule has 0 saturated heterocycles. The van der Waals surface area contributed by atoms with Crippen molar-refractivity contribution in [3.63, 3.8) is 0 Å². The predicted octanol–water partition coefficient (Wildman–Crippen LogP) is 12.4. The zero-order valence-corrected chi connectivity index (χ0v) is 29.8. The Labute approximate surface area is 318 Å². The highest BCUT2D eigenvalue weighted by atomic mass is 15.3. The summed E-state index contributed by atoms with van der Waals surface area (Å²) in [7, 11) is 0. The van der Waals surface area contributed by atoms with E-state index in [1.54, 1.807) is 0 Å². The summed E-state index contributed by atoms with van der Waals surface area (Å²) < 4.78 is 2.10. The van der Waals surface area contributed by atoms with Crippen molar-refractivity contribution in [2.45, 2.75) is 0 Å². The Morgan fingerprint density at radius 3 is 1.47 bits per heavy atom. The third kappa shape index (κ3) is 6.04. The van der Waals surface area contributed by atoms with Gasteiger partial charge in [-0.1, -0.05) is 170 Å². The van der Waals surface area contributed by atoms with E-state index in [4.69, 9.17) is 20.1 Å². The van der Waals surface area contributed by atoms with E-state index in [2.05, 4.69) is 156 Å². The number of fused-ring (bicyclic) bond motifs is 3. The summed E-state index contributed by atoms with van der Waals surface area (Å²) in [4.78, 5) is 15.3. The largest absolute Gasteiger partial charge is 0.232 e. The van der Waals surface area contributed by atoms with Gasteiger partial charge in [0.1, 0.15) is 5.69 Å². The van der Waals surface area contributed by atoms with Gasteiger partial charge in [0.25, 0.3) is 0 Å². The van der Waals surface area contributed by atoms with Crippen molar-refractivity contribution in [2.24, 2.45) is 0 Å². The average molecular weight is 704 g/mol. The van der Waals surface area contributed by atoms with Crippen molar-refractivity contribution in [2.75, 3.05) is 0 Å². The van der Waals surface area contributed by atoms with Crippen LogP contribution in [0.2, 0.25) is 0 Å². The minimum Gasteiger partial charge on any atom is -0.232 e. The van der Waals surface area contributed by atoms with Crippen LogP contribution >= 0.6 is 0 Å². The Morgan fingerprint density at radius 2 is 0.836 bits per heavy atom. The zero-order chi connectivity index (χ0) is 36.6. The van der Waals surface area contributed by atoms with Gasteiger partial charge in [-0.2, -0.15) is 5.10 Å². The third-order valence-corrected chi connectivity index (χ3v) is 10.0. The fourth-order valence-corrected chi connectivity index (χ4v) is 7.40. The van der Waals surface area contributed by atoms with Crippen molar-refractivity contribution >= 4 is 21.7 Å². The van der Waals surface area contributed by atoms with Crippen molar-refractivity contribution < 1.29 is 0 Å². The van der Waals surface area contributed by atoms with Crippen LogP contribution in [0.3, 0.4) is 0 Å². The molecular weight excluding hydrogens is 671 g/mol. The van der Waals surface area contributed by atoms with E-state index >= 15 is 0 Å². The van der Waals surface area contributed by atoms with Crippen molar-refractivity contribution in [3.05, 3.63) is 200 Å². The number of para-hydroxylation sites is 1. The monoisotopic (exact) mass is 703 g/mol. The summed E-state index contributed by atoms with van der Waals surface area (Å²) in [5, 5.41) is 8.61. The van der Waals surface area contributed by atoms with Crippen LogP contribution in [0.4, 0.5) is 0 Å². The zero-order valence-electron chi connectivity index (χ0n) is 29.8. The summed E-state index contributed by atoms with van der Waals surface area (Å²) >= 11 is 0. The molecule has 0 unspecified atom stereocenters. The number of nitrogens with zero attached hydrogens (tertiary/aromatic N) is 5. The highest BCUT2D eigenvalue weighted by Crippen LogP contribution is 2.42. The second-order valence-corrected chi connectivity index (χ2v) is 13.5. The van der Waals surface area contributed by atoms with Gasteiger partial charge in [0.2, 0.25) is 0 Å². The highest BCUT2D eigenvalue weighted by Gasteiger charge is 2.22. The van der Waals surface area contributed by atoms with Crippen LogP contribution in [-0.2, 0) is 0 Å². The molecule has 8 aromatic carbocycles. The molecule has 0 aliphatic rings. The first-order valence-corrected chi connectivity index (χ1v) is 18.4. The van der Waals surface area contributed by atoms with E-state index in [1.807, 2.05) is 48.5 Å². The van der Waals surface area contributed by atoms with Gasteiger partial charge in [0, 0.05) is 33.0 Å². The maximum absolute atomic E-state index is 5.35. The number of hydrogen-bond donors (Lipinski definition) is 0. The molecule has 0 spiro atoms. The molecule has 10 aromatic rings. The number of hydrogen-bond acceptors (Lipinski definition) is 4. The Morgan fingerprint density at radius 1 is 0.345 bits per heavy atom.